The maximum Gasteiger partial charge on any atom is 0.421 e. The summed E-state index contributed by atoms with van der Waals surface area (Å²) in [6, 6.07) is 1.78. The molecule has 0 saturated heterocycles. The van der Waals surface area contributed by atoms with Gasteiger partial charge in [0.05, 0.1) is 25.0 Å². The minimum atomic E-state index is -4.60. The van der Waals surface area contributed by atoms with E-state index < -0.39 is 23.5 Å². The number of methoxy groups -OCH3 is 1. The molecule has 2 aromatic rings. The lowest BCUT2D eigenvalue weighted by molar-refractivity contribution is -0.139. The van der Waals surface area contributed by atoms with Crippen LogP contribution in [0.15, 0.2) is 18.3 Å². The third kappa shape index (κ3) is 2.43. The molecule has 3 rings (SSSR count). The van der Waals surface area contributed by atoms with Gasteiger partial charge in [0.1, 0.15) is 17.1 Å². The van der Waals surface area contributed by atoms with E-state index in [1.165, 1.54) is 15.8 Å². The number of pyridine rings is 1. The van der Waals surface area contributed by atoms with Crippen LogP contribution in [0.5, 0.6) is 5.88 Å². The summed E-state index contributed by atoms with van der Waals surface area (Å²) >= 11 is 0. The summed E-state index contributed by atoms with van der Waals surface area (Å²) < 4.78 is 45.0. The van der Waals surface area contributed by atoms with E-state index in [-0.39, 0.29) is 29.8 Å². The van der Waals surface area contributed by atoms with E-state index in [4.69, 9.17) is 10.5 Å². The van der Waals surface area contributed by atoms with E-state index in [0.29, 0.717) is 0 Å². The first-order chi connectivity index (χ1) is 11.2. The van der Waals surface area contributed by atoms with Crippen LogP contribution in [0.4, 0.5) is 24.7 Å². The van der Waals surface area contributed by atoms with Gasteiger partial charge in [-0.1, -0.05) is 0 Å². The number of anilines is 2. The number of nitrogen functional groups attached to an aromatic ring is 1. The van der Waals surface area contributed by atoms with Crippen LogP contribution < -0.4 is 15.4 Å². The second-order valence-corrected chi connectivity index (χ2v) is 5.38. The fourth-order valence-electron chi connectivity index (χ4n) is 2.63. The molecule has 0 radical (unpaired) electrons. The van der Waals surface area contributed by atoms with Gasteiger partial charge in [0, 0.05) is 6.54 Å². The van der Waals surface area contributed by atoms with Crippen molar-refractivity contribution in [2.45, 2.75) is 19.1 Å². The molecule has 0 bridgehead atoms. The minimum absolute atomic E-state index is 0.0588. The standard InChI is InChI=1S/C14H14F3N5O2/c1-7-6-21(13(23)11-9(18)5-19-22(7)11)10-4-3-8(14(15,16)17)12(20-10)24-2/h3-5,7H,6,18H2,1-2H3/t7-/m0/s1. The van der Waals surface area contributed by atoms with Crippen molar-refractivity contribution in [2.75, 3.05) is 24.3 Å². The van der Waals surface area contributed by atoms with E-state index in [0.717, 1.165) is 19.2 Å². The zero-order chi connectivity index (χ0) is 17.6. The highest BCUT2D eigenvalue weighted by atomic mass is 19.4. The molecule has 7 nitrogen and oxygen atoms in total. The molecule has 128 valence electrons. The van der Waals surface area contributed by atoms with Crippen molar-refractivity contribution in [3.63, 3.8) is 0 Å². The SMILES string of the molecule is COc1nc(N2C[C@H](C)n3ncc(N)c3C2=O)ccc1C(F)(F)F. The molecule has 10 heteroatoms. The first-order valence-electron chi connectivity index (χ1n) is 7.01. The quantitative estimate of drug-likeness (QED) is 0.904. The maximum absolute atomic E-state index is 12.9. The highest BCUT2D eigenvalue weighted by Gasteiger charge is 2.37. The highest BCUT2D eigenvalue weighted by Crippen LogP contribution is 2.37. The number of amides is 1. The molecule has 0 spiro atoms. The number of aromatic nitrogens is 3. The predicted molar refractivity (Wildman–Crippen MR) is 78.8 cm³/mol. The molecule has 1 amide bonds. The molecule has 0 unspecified atom stereocenters. The number of fused-ring (bicyclic) bond motifs is 1. The van der Waals surface area contributed by atoms with Gasteiger partial charge in [-0.15, -0.1) is 0 Å². The Morgan fingerprint density at radius 1 is 1.38 bits per heavy atom. The fourth-order valence-corrected chi connectivity index (χ4v) is 2.63. The Bertz CT molecular complexity index is 802. The number of hydrogen-bond donors (Lipinski definition) is 1. The van der Waals surface area contributed by atoms with Gasteiger partial charge in [0.25, 0.3) is 5.91 Å². The normalized spacial score (nSPS) is 17.8. The van der Waals surface area contributed by atoms with Crippen LogP contribution in [0, 0.1) is 0 Å². The number of carbonyl (C=O) groups is 1. The lowest BCUT2D eigenvalue weighted by Crippen LogP contribution is -2.43. The maximum atomic E-state index is 12.9. The molecule has 1 aliphatic heterocycles. The Morgan fingerprint density at radius 2 is 2.08 bits per heavy atom. The van der Waals surface area contributed by atoms with Gasteiger partial charge in [-0.25, -0.2) is 0 Å². The third-order valence-electron chi connectivity index (χ3n) is 3.76. The van der Waals surface area contributed by atoms with Crippen molar-refractivity contribution in [3.05, 3.63) is 29.6 Å². The lowest BCUT2D eigenvalue weighted by atomic mass is 10.1. The van der Waals surface area contributed by atoms with Crippen molar-refractivity contribution >= 4 is 17.4 Å². The highest BCUT2D eigenvalue weighted by molar-refractivity contribution is 6.08. The summed E-state index contributed by atoms with van der Waals surface area (Å²) in [6.45, 7) is 2.02. The van der Waals surface area contributed by atoms with Crippen molar-refractivity contribution in [1.29, 1.82) is 0 Å². The number of halogens is 3. The third-order valence-corrected chi connectivity index (χ3v) is 3.76. The molecule has 1 atom stereocenters. The van der Waals surface area contributed by atoms with Gasteiger partial charge in [-0.05, 0) is 19.1 Å². The van der Waals surface area contributed by atoms with E-state index in [1.54, 1.807) is 0 Å². The Hall–Kier alpha value is -2.78. The van der Waals surface area contributed by atoms with E-state index >= 15 is 0 Å². The van der Waals surface area contributed by atoms with Gasteiger partial charge in [0.2, 0.25) is 5.88 Å². The molecule has 0 saturated carbocycles. The van der Waals surface area contributed by atoms with Crippen molar-refractivity contribution in [1.82, 2.24) is 14.8 Å². The molecule has 2 N–H and O–H groups in total. The van der Waals surface area contributed by atoms with Crippen LogP contribution in [0.3, 0.4) is 0 Å². The number of hydrogen-bond acceptors (Lipinski definition) is 5. The second kappa shape index (κ2) is 5.39. The van der Waals surface area contributed by atoms with Crippen molar-refractivity contribution < 1.29 is 22.7 Å². The molecule has 0 aromatic carbocycles. The van der Waals surface area contributed by atoms with E-state index in [1.807, 2.05) is 6.92 Å². The van der Waals surface area contributed by atoms with Crippen LogP contribution in [0.25, 0.3) is 0 Å². The van der Waals surface area contributed by atoms with Crippen LogP contribution in [-0.4, -0.2) is 34.3 Å². The largest absolute Gasteiger partial charge is 0.481 e. The van der Waals surface area contributed by atoms with Crippen LogP contribution >= 0.6 is 0 Å². The minimum Gasteiger partial charge on any atom is -0.481 e. The first-order valence-corrected chi connectivity index (χ1v) is 7.01. The average Bonchev–Trinajstić information content (AvgIpc) is 2.92. The summed E-state index contributed by atoms with van der Waals surface area (Å²) in [5.41, 5.74) is 5.16. The number of ether oxygens (including phenoxy) is 1. The second-order valence-electron chi connectivity index (χ2n) is 5.38. The van der Waals surface area contributed by atoms with Crippen molar-refractivity contribution in [2.24, 2.45) is 0 Å². The van der Waals surface area contributed by atoms with Crippen LogP contribution in [-0.2, 0) is 6.18 Å². The number of alkyl halides is 3. The Labute approximate surface area is 134 Å². The van der Waals surface area contributed by atoms with Gasteiger partial charge >= 0.3 is 6.18 Å². The number of rotatable bonds is 2. The smallest absolute Gasteiger partial charge is 0.421 e. The fraction of sp³-hybridized carbons (Fsp3) is 0.357. The van der Waals surface area contributed by atoms with Crippen LogP contribution in [0.1, 0.15) is 29.0 Å². The number of nitrogens with zero attached hydrogens (tertiary/aromatic N) is 4. The summed E-state index contributed by atoms with van der Waals surface area (Å²) in [7, 11) is 1.09. The summed E-state index contributed by atoms with van der Waals surface area (Å²) in [5, 5.41) is 4.05. The Kier molecular flexibility index (Phi) is 3.61. The Balaban J connectivity index is 2.04. The van der Waals surface area contributed by atoms with Gasteiger partial charge in [-0.2, -0.15) is 23.3 Å². The molecule has 0 aliphatic carbocycles. The topological polar surface area (TPSA) is 86.3 Å². The molecule has 2 aromatic heterocycles. The number of carbonyl (C=O) groups excluding carboxylic acids is 1. The monoisotopic (exact) mass is 341 g/mol. The molecular formula is C14H14F3N5O2. The van der Waals surface area contributed by atoms with Gasteiger partial charge < -0.3 is 10.5 Å². The zero-order valence-electron chi connectivity index (χ0n) is 12.8. The zero-order valence-corrected chi connectivity index (χ0v) is 12.8. The lowest BCUT2D eigenvalue weighted by Gasteiger charge is -2.31. The average molecular weight is 341 g/mol. The molecule has 0 fully saturated rings. The van der Waals surface area contributed by atoms with Gasteiger partial charge in [-0.3, -0.25) is 14.4 Å². The molecule has 24 heavy (non-hydrogen) atoms. The number of nitrogens with two attached hydrogens (primary N) is 1. The van der Waals surface area contributed by atoms with Crippen LogP contribution in [0.2, 0.25) is 0 Å². The van der Waals surface area contributed by atoms with E-state index in [9.17, 15) is 18.0 Å². The van der Waals surface area contributed by atoms with E-state index in [2.05, 4.69) is 10.1 Å². The molecule has 1 aliphatic rings. The molecular weight excluding hydrogens is 327 g/mol. The summed E-state index contributed by atoms with van der Waals surface area (Å²) in [5.74, 6) is -1.01. The summed E-state index contributed by atoms with van der Waals surface area (Å²) in [6.07, 6.45) is -3.23. The predicted octanol–water partition coefficient (Wildman–Crippen LogP) is 2.11. The summed E-state index contributed by atoms with van der Waals surface area (Å²) in [4.78, 5) is 17.7. The Morgan fingerprint density at radius 3 is 2.71 bits per heavy atom. The first kappa shape index (κ1) is 16.1. The van der Waals surface area contributed by atoms with Crippen molar-refractivity contribution in [3.8, 4) is 5.88 Å². The van der Waals surface area contributed by atoms with Gasteiger partial charge in [0.15, 0.2) is 0 Å². The molecule has 3 heterocycles.